The van der Waals surface area contributed by atoms with Gasteiger partial charge in [-0.15, -0.1) is 0 Å². The molecule has 0 aliphatic carbocycles. The molecule has 6 nitrogen and oxygen atoms in total. The quantitative estimate of drug-likeness (QED) is 0.0261. The maximum Gasteiger partial charge on any atom is 0.306 e. The molecule has 0 spiro atoms. The fourth-order valence-corrected chi connectivity index (χ4v) is 10.6. The Labute approximate surface area is 515 Å². The zero-order valence-corrected chi connectivity index (χ0v) is 55.2. The molecule has 0 heterocycles. The van der Waals surface area contributed by atoms with Crippen LogP contribution in [0.4, 0.5) is 0 Å². The third kappa shape index (κ3) is 69.3. The minimum absolute atomic E-state index is 0.0895. The van der Waals surface area contributed by atoms with Crippen LogP contribution in [0.1, 0.15) is 367 Å². The van der Waals surface area contributed by atoms with Crippen molar-refractivity contribution in [1.29, 1.82) is 0 Å². The summed E-state index contributed by atoms with van der Waals surface area (Å²) in [5, 5.41) is 0. The highest BCUT2D eigenvalue weighted by molar-refractivity contribution is 5.71. The van der Waals surface area contributed by atoms with Crippen molar-refractivity contribution in [3.05, 3.63) is 85.1 Å². The summed E-state index contributed by atoms with van der Waals surface area (Å²) >= 11 is 0. The summed E-state index contributed by atoms with van der Waals surface area (Å²) in [5.74, 6) is -0.928. The number of ether oxygens (including phenoxy) is 3. The molecule has 0 aromatic rings. The van der Waals surface area contributed by atoms with Gasteiger partial charge in [0.2, 0.25) is 0 Å². The molecular weight excluding hydrogens is 1020 g/mol. The second-order valence-electron chi connectivity index (χ2n) is 24.1. The van der Waals surface area contributed by atoms with Gasteiger partial charge in [0.05, 0.1) is 0 Å². The van der Waals surface area contributed by atoms with Gasteiger partial charge in [0.1, 0.15) is 13.2 Å². The number of hydrogen-bond donors (Lipinski definition) is 0. The van der Waals surface area contributed by atoms with Crippen LogP contribution >= 0.6 is 0 Å². The Morgan fingerprint density at radius 1 is 0.253 bits per heavy atom. The zero-order chi connectivity index (χ0) is 59.9. The number of esters is 3. The Hall–Kier alpha value is -3.41. The Balaban J connectivity index is 4.43. The van der Waals surface area contributed by atoms with Crippen molar-refractivity contribution >= 4 is 17.9 Å². The normalized spacial score (nSPS) is 12.6. The maximum atomic E-state index is 13.0. The summed E-state index contributed by atoms with van der Waals surface area (Å²) in [6.45, 7) is 6.55. The van der Waals surface area contributed by atoms with E-state index in [2.05, 4.69) is 106 Å². The standard InChI is InChI=1S/C77H136O6/c1-4-7-10-13-16-19-22-25-28-31-34-37-38-41-43-46-49-52-55-58-61-64-67-70-76(79)82-73-74(83-77(80)71-68-65-62-59-56-53-50-47-44-40-36-33-30-27-24-21-18-15-12-9-6-3)72-81-75(78)69-66-63-60-57-54-51-48-45-42-39-35-32-29-26-23-20-17-14-11-8-5-2/h7,10,16,19,25,28,34,37,41,43,49,52,58,61,74H,4-6,8-9,11-15,17-18,20-24,26-27,29-33,35-36,38-40,42,44-48,50-51,53-57,59-60,62-73H2,1-3H3/b10-7-,19-16-,28-25-,37-34-,43-41-,52-49-,61-58-. The van der Waals surface area contributed by atoms with Crippen LogP contribution in [0.5, 0.6) is 0 Å². The molecule has 0 saturated heterocycles. The molecule has 0 amide bonds. The summed E-state index contributed by atoms with van der Waals surface area (Å²) in [4.78, 5) is 38.5. The van der Waals surface area contributed by atoms with Crippen LogP contribution < -0.4 is 0 Å². The summed E-state index contributed by atoms with van der Waals surface area (Å²) in [6, 6.07) is 0. The van der Waals surface area contributed by atoms with Gasteiger partial charge in [-0.05, 0) is 70.6 Å². The van der Waals surface area contributed by atoms with E-state index in [1.807, 2.05) is 0 Å². The van der Waals surface area contributed by atoms with E-state index in [0.717, 1.165) is 89.9 Å². The van der Waals surface area contributed by atoms with Crippen molar-refractivity contribution in [1.82, 2.24) is 0 Å². The molecule has 0 rings (SSSR count). The van der Waals surface area contributed by atoms with Crippen molar-refractivity contribution in [2.24, 2.45) is 0 Å². The van der Waals surface area contributed by atoms with Gasteiger partial charge in [0.15, 0.2) is 6.10 Å². The second kappa shape index (κ2) is 71.1. The number of unbranched alkanes of at least 4 members (excludes halogenated alkanes) is 41. The van der Waals surface area contributed by atoms with Crippen molar-refractivity contribution < 1.29 is 28.6 Å². The number of carbonyl (C=O) groups is 3. The highest BCUT2D eigenvalue weighted by Crippen LogP contribution is 2.18. The Bertz CT molecular complexity index is 1570. The summed E-state index contributed by atoms with van der Waals surface area (Å²) in [6.07, 6.45) is 94.7. The summed E-state index contributed by atoms with van der Waals surface area (Å²) in [7, 11) is 0. The lowest BCUT2D eigenvalue weighted by Gasteiger charge is -2.18. The highest BCUT2D eigenvalue weighted by atomic mass is 16.6. The average molecular weight is 1160 g/mol. The van der Waals surface area contributed by atoms with Crippen LogP contribution in [-0.2, 0) is 28.6 Å². The lowest BCUT2D eigenvalue weighted by Crippen LogP contribution is -2.30. The molecule has 1 unspecified atom stereocenters. The lowest BCUT2D eigenvalue weighted by molar-refractivity contribution is -0.167. The van der Waals surface area contributed by atoms with Crippen molar-refractivity contribution in [3.63, 3.8) is 0 Å². The molecule has 480 valence electrons. The van der Waals surface area contributed by atoms with Gasteiger partial charge >= 0.3 is 17.9 Å². The first-order valence-electron chi connectivity index (χ1n) is 36.1. The fourth-order valence-electron chi connectivity index (χ4n) is 10.6. The number of allylic oxidation sites excluding steroid dienone is 14. The third-order valence-corrected chi connectivity index (χ3v) is 15.9. The average Bonchev–Trinajstić information content (AvgIpc) is 3.49. The van der Waals surface area contributed by atoms with Gasteiger partial charge in [-0.3, -0.25) is 14.4 Å². The van der Waals surface area contributed by atoms with E-state index in [9.17, 15) is 14.4 Å². The molecular formula is C77H136O6. The monoisotopic (exact) mass is 1160 g/mol. The van der Waals surface area contributed by atoms with Gasteiger partial charge in [0, 0.05) is 19.3 Å². The van der Waals surface area contributed by atoms with Crippen molar-refractivity contribution in [2.75, 3.05) is 13.2 Å². The first kappa shape index (κ1) is 79.6. The Morgan fingerprint density at radius 2 is 0.470 bits per heavy atom. The van der Waals surface area contributed by atoms with Crippen LogP contribution in [0.3, 0.4) is 0 Å². The van der Waals surface area contributed by atoms with E-state index in [0.29, 0.717) is 19.3 Å². The highest BCUT2D eigenvalue weighted by Gasteiger charge is 2.19. The van der Waals surface area contributed by atoms with Crippen LogP contribution in [0.15, 0.2) is 85.1 Å². The predicted octanol–water partition coefficient (Wildman–Crippen LogP) is 25.0. The van der Waals surface area contributed by atoms with E-state index in [-0.39, 0.29) is 37.5 Å². The van der Waals surface area contributed by atoms with Crippen LogP contribution in [0, 0.1) is 0 Å². The van der Waals surface area contributed by atoms with Crippen molar-refractivity contribution in [2.45, 2.75) is 374 Å². The fraction of sp³-hybridized carbons (Fsp3) is 0.779. The van der Waals surface area contributed by atoms with Crippen LogP contribution in [0.25, 0.3) is 0 Å². The number of carbonyl (C=O) groups excluding carboxylic acids is 3. The zero-order valence-electron chi connectivity index (χ0n) is 55.2. The summed E-state index contributed by atoms with van der Waals surface area (Å²) in [5.41, 5.74) is 0. The molecule has 83 heavy (non-hydrogen) atoms. The van der Waals surface area contributed by atoms with E-state index < -0.39 is 6.10 Å². The van der Waals surface area contributed by atoms with E-state index in [4.69, 9.17) is 14.2 Å². The van der Waals surface area contributed by atoms with Gasteiger partial charge < -0.3 is 14.2 Å². The van der Waals surface area contributed by atoms with Gasteiger partial charge in [0.25, 0.3) is 0 Å². The maximum absolute atomic E-state index is 13.0. The van der Waals surface area contributed by atoms with E-state index in [1.165, 1.54) is 231 Å². The van der Waals surface area contributed by atoms with Crippen LogP contribution in [0.2, 0.25) is 0 Å². The second-order valence-corrected chi connectivity index (χ2v) is 24.1. The molecule has 0 aromatic carbocycles. The molecule has 0 aliphatic heterocycles. The molecule has 0 aromatic heterocycles. The molecule has 0 fully saturated rings. The first-order valence-corrected chi connectivity index (χ1v) is 36.1. The van der Waals surface area contributed by atoms with E-state index >= 15 is 0 Å². The molecule has 0 bridgehead atoms. The summed E-state index contributed by atoms with van der Waals surface area (Å²) < 4.78 is 17.0. The first-order chi connectivity index (χ1) is 41.0. The SMILES string of the molecule is CC/C=C\C/C=C\C/C=C\C/C=C\C/C=C\C/C=C\C/C=C\CCCC(=O)OCC(COC(=O)CCCCCCCCCCCCCCCCCCCCCCC)OC(=O)CCCCCCCCCCCCCCCCCCCCCCC. The third-order valence-electron chi connectivity index (χ3n) is 15.9. The lowest BCUT2D eigenvalue weighted by atomic mass is 10.0. The molecule has 1 atom stereocenters. The molecule has 6 heteroatoms. The minimum Gasteiger partial charge on any atom is -0.462 e. The molecule has 0 aliphatic rings. The van der Waals surface area contributed by atoms with Gasteiger partial charge in [-0.1, -0.05) is 363 Å². The van der Waals surface area contributed by atoms with Gasteiger partial charge in [-0.2, -0.15) is 0 Å². The van der Waals surface area contributed by atoms with Gasteiger partial charge in [-0.25, -0.2) is 0 Å². The molecule has 0 saturated carbocycles. The van der Waals surface area contributed by atoms with E-state index in [1.54, 1.807) is 0 Å². The Morgan fingerprint density at radius 3 is 0.735 bits per heavy atom. The minimum atomic E-state index is -0.800. The largest absolute Gasteiger partial charge is 0.462 e. The number of hydrogen-bond acceptors (Lipinski definition) is 6. The van der Waals surface area contributed by atoms with Crippen molar-refractivity contribution in [3.8, 4) is 0 Å². The Kier molecular flexibility index (Phi) is 68.2. The molecule has 0 radical (unpaired) electrons. The number of rotatable bonds is 66. The smallest absolute Gasteiger partial charge is 0.306 e. The van der Waals surface area contributed by atoms with Crippen LogP contribution in [-0.4, -0.2) is 37.2 Å². The molecule has 0 N–H and O–H groups in total. The topological polar surface area (TPSA) is 78.9 Å². The predicted molar refractivity (Wildman–Crippen MR) is 362 cm³/mol.